The van der Waals surface area contributed by atoms with Crippen molar-refractivity contribution >= 4 is 90.9 Å². The van der Waals surface area contributed by atoms with Gasteiger partial charge in [0.05, 0.1) is 0 Å². The number of fused-ring (bicyclic) bond motifs is 7. The molecule has 0 unspecified atom stereocenters. The number of hydrogen-bond donors (Lipinski definition) is 0. The number of nitrogens with zero attached hydrogens (tertiary/aromatic N) is 1. The van der Waals surface area contributed by atoms with Crippen molar-refractivity contribution in [2.24, 2.45) is 0 Å². The molecule has 0 atom stereocenters. The molecule has 0 amide bonds. The molecule has 0 aliphatic rings. The molecule has 1 nitrogen and oxygen atoms in total. The SMILES string of the molecule is c1cc(-c2ccc(N(c3ccc(-c4ccc5c(c4)sc4ccccc45)cc3)c3ccc(-c4ccc5c(c4)sc4ccccc45)cc3)cc2)cc(-c2ccc3ccccc3c2)c1. The molecular weight excluding hydrogens is 775 g/mol. The molecule has 0 saturated heterocycles. The van der Waals surface area contributed by atoms with Crippen LogP contribution in [0.15, 0.2) is 224 Å². The van der Waals surface area contributed by atoms with Crippen molar-refractivity contribution in [2.45, 2.75) is 0 Å². The predicted octanol–water partition coefficient (Wildman–Crippen LogP) is 17.7. The normalized spacial score (nSPS) is 11.6. The van der Waals surface area contributed by atoms with Gasteiger partial charge in [-0.2, -0.15) is 0 Å². The molecule has 2 aromatic heterocycles. The van der Waals surface area contributed by atoms with E-state index in [0.717, 1.165) is 17.1 Å². The molecule has 12 aromatic rings. The van der Waals surface area contributed by atoms with Gasteiger partial charge in [-0.1, -0.05) is 152 Å². The number of hydrogen-bond acceptors (Lipinski definition) is 3. The van der Waals surface area contributed by atoms with Crippen LogP contribution < -0.4 is 4.90 Å². The summed E-state index contributed by atoms with van der Waals surface area (Å²) in [6, 6.07) is 82.4. The lowest BCUT2D eigenvalue weighted by atomic mass is 9.97. The summed E-state index contributed by atoms with van der Waals surface area (Å²) in [7, 11) is 0. The van der Waals surface area contributed by atoms with Crippen LogP contribution in [-0.2, 0) is 0 Å². The van der Waals surface area contributed by atoms with Crippen LogP contribution in [0.5, 0.6) is 0 Å². The lowest BCUT2D eigenvalue weighted by molar-refractivity contribution is 1.28. The van der Waals surface area contributed by atoms with E-state index >= 15 is 0 Å². The van der Waals surface area contributed by atoms with Crippen molar-refractivity contribution in [1.82, 2.24) is 0 Å². The molecule has 0 saturated carbocycles. The summed E-state index contributed by atoms with van der Waals surface area (Å²) in [4.78, 5) is 2.37. The first-order valence-corrected chi connectivity index (χ1v) is 22.4. The molecule has 0 spiro atoms. The third kappa shape index (κ3) is 6.47. The van der Waals surface area contributed by atoms with Gasteiger partial charge in [0.15, 0.2) is 0 Å². The van der Waals surface area contributed by atoms with Crippen molar-refractivity contribution in [3.05, 3.63) is 224 Å². The molecule has 0 bridgehead atoms. The van der Waals surface area contributed by atoms with Crippen molar-refractivity contribution in [3.8, 4) is 44.5 Å². The van der Waals surface area contributed by atoms with Gasteiger partial charge in [-0.25, -0.2) is 0 Å². The quantitative estimate of drug-likeness (QED) is 0.155. The Bertz CT molecular complexity index is 3420. The van der Waals surface area contributed by atoms with Crippen LogP contribution in [0.3, 0.4) is 0 Å². The lowest BCUT2D eigenvalue weighted by Gasteiger charge is -2.26. The Hall–Kier alpha value is -7.30. The molecular formula is C58H37NS2. The highest BCUT2D eigenvalue weighted by atomic mass is 32.1. The second kappa shape index (κ2) is 14.8. The molecule has 61 heavy (non-hydrogen) atoms. The van der Waals surface area contributed by atoms with E-state index in [9.17, 15) is 0 Å². The maximum absolute atomic E-state index is 2.37. The van der Waals surface area contributed by atoms with Crippen LogP contribution in [0.25, 0.3) is 95.6 Å². The average molecular weight is 812 g/mol. The van der Waals surface area contributed by atoms with Gasteiger partial charge in [0.2, 0.25) is 0 Å². The van der Waals surface area contributed by atoms with E-state index < -0.39 is 0 Å². The summed E-state index contributed by atoms with van der Waals surface area (Å²) in [5, 5.41) is 7.82. The van der Waals surface area contributed by atoms with Crippen LogP contribution in [0.2, 0.25) is 0 Å². The van der Waals surface area contributed by atoms with E-state index in [-0.39, 0.29) is 0 Å². The second-order valence-electron chi connectivity index (χ2n) is 15.7. The summed E-state index contributed by atoms with van der Waals surface area (Å²) < 4.78 is 5.30. The molecule has 0 aliphatic carbocycles. The van der Waals surface area contributed by atoms with E-state index in [1.807, 2.05) is 22.7 Å². The van der Waals surface area contributed by atoms with Crippen molar-refractivity contribution in [3.63, 3.8) is 0 Å². The summed E-state index contributed by atoms with van der Waals surface area (Å²) >= 11 is 3.73. The number of thiophene rings is 2. The van der Waals surface area contributed by atoms with Gasteiger partial charge in [0, 0.05) is 57.4 Å². The Kier molecular flexibility index (Phi) is 8.62. The zero-order chi connectivity index (χ0) is 40.3. The van der Waals surface area contributed by atoms with Crippen molar-refractivity contribution in [1.29, 1.82) is 0 Å². The topological polar surface area (TPSA) is 3.24 Å². The number of benzene rings is 10. The zero-order valence-corrected chi connectivity index (χ0v) is 34.8. The smallest absolute Gasteiger partial charge is 0.0462 e. The van der Waals surface area contributed by atoms with Crippen LogP contribution in [0.1, 0.15) is 0 Å². The predicted molar refractivity (Wildman–Crippen MR) is 266 cm³/mol. The number of anilines is 3. The van der Waals surface area contributed by atoms with Gasteiger partial charge >= 0.3 is 0 Å². The Morgan fingerprint density at radius 3 is 1.13 bits per heavy atom. The summed E-state index contributed by atoms with van der Waals surface area (Å²) in [6.07, 6.45) is 0. The zero-order valence-electron chi connectivity index (χ0n) is 33.1. The van der Waals surface area contributed by atoms with Crippen LogP contribution in [-0.4, -0.2) is 0 Å². The molecule has 0 aliphatic heterocycles. The van der Waals surface area contributed by atoms with Gasteiger partial charge in [-0.05, 0) is 128 Å². The molecule has 3 heteroatoms. The Labute approximate surface area is 362 Å². The summed E-state index contributed by atoms with van der Waals surface area (Å²) in [5.74, 6) is 0. The summed E-state index contributed by atoms with van der Waals surface area (Å²) in [5.41, 5.74) is 13.0. The fourth-order valence-corrected chi connectivity index (χ4v) is 11.2. The van der Waals surface area contributed by atoms with Gasteiger partial charge in [0.1, 0.15) is 0 Å². The standard InChI is InChI=1S/C58H37NS2/c1-2-9-42-35-45(17-16-38(42)8-1)44-11-7-10-43(34-44)39-18-26-48(27-19-39)59(49-28-20-40(21-29-49)46-24-32-53-51-12-3-5-14-55(51)60-57(53)36-46)50-30-22-41(23-31-50)47-25-33-54-52-13-4-6-15-56(52)61-58(54)37-47/h1-37H. The molecule has 10 aromatic carbocycles. The van der Waals surface area contributed by atoms with E-state index in [0.29, 0.717) is 0 Å². The monoisotopic (exact) mass is 811 g/mol. The highest BCUT2D eigenvalue weighted by Crippen LogP contribution is 2.41. The molecule has 0 radical (unpaired) electrons. The van der Waals surface area contributed by atoms with Gasteiger partial charge in [0.25, 0.3) is 0 Å². The largest absolute Gasteiger partial charge is 0.311 e. The Morgan fingerprint density at radius 2 is 0.607 bits per heavy atom. The molecule has 2 heterocycles. The minimum Gasteiger partial charge on any atom is -0.311 e. The first-order valence-electron chi connectivity index (χ1n) is 20.7. The molecule has 0 N–H and O–H groups in total. The van der Waals surface area contributed by atoms with Crippen LogP contribution in [0, 0.1) is 0 Å². The lowest BCUT2D eigenvalue weighted by Crippen LogP contribution is -2.09. The first kappa shape index (κ1) is 35.6. The van der Waals surface area contributed by atoms with Gasteiger partial charge < -0.3 is 4.90 Å². The molecule has 286 valence electrons. The van der Waals surface area contributed by atoms with Crippen molar-refractivity contribution < 1.29 is 0 Å². The van der Waals surface area contributed by atoms with Gasteiger partial charge in [-0.15, -0.1) is 22.7 Å². The molecule has 0 fully saturated rings. The van der Waals surface area contributed by atoms with E-state index in [1.165, 1.54) is 95.6 Å². The number of rotatable bonds is 7. The Balaban J connectivity index is 0.896. The van der Waals surface area contributed by atoms with Gasteiger partial charge in [-0.3, -0.25) is 0 Å². The minimum absolute atomic E-state index is 1.10. The fourth-order valence-electron chi connectivity index (χ4n) is 8.91. The summed E-state index contributed by atoms with van der Waals surface area (Å²) in [6.45, 7) is 0. The highest BCUT2D eigenvalue weighted by molar-refractivity contribution is 7.26. The highest BCUT2D eigenvalue weighted by Gasteiger charge is 2.15. The maximum Gasteiger partial charge on any atom is 0.0462 e. The maximum atomic E-state index is 2.37. The third-order valence-electron chi connectivity index (χ3n) is 12.1. The van der Waals surface area contributed by atoms with E-state index in [2.05, 4.69) is 229 Å². The van der Waals surface area contributed by atoms with Crippen LogP contribution in [0.4, 0.5) is 17.1 Å². The van der Waals surface area contributed by atoms with Crippen molar-refractivity contribution in [2.75, 3.05) is 4.90 Å². The first-order chi connectivity index (χ1) is 30.2. The van der Waals surface area contributed by atoms with E-state index in [1.54, 1.807) is 0 Å². The fraction of sp³-hybridized carbons (Fsp3) is 0. The Morgan fingerprint density at radius 1 is 0.230 bits per heavy atom. The average Bonchev–Trinajstić information content (AvgIpc) is 3.90. The van der Waals surface area contributed by atoms with Crippen LogP contribution >= 0.6 is 22.7 Å². The van der Waals surface area contributed by atoms with E-state index in [4.69, 9.17) is 0 Å². The third-order valence-corrected chi connectivity index (χ3v) is 14.3. The second-order valence-corrected chi connectivity index (χ2v) is 17.9. The molecule has 12 rings (SSSR count). The minimum atomic E-state index is 1.10.